The van der Waals surface area contributed by atoms with Gasteiger partial charge >= 0.3 is 0 Å². The summed E-state index contributed by atoms with van der Waals surface area (Å²) in [7, 11) is 0. The number of aromatic nitrogens is 3. The molecule has 1 fully saturated rings. The van der Waals surface area contributed by atoms with Gasteiger partial charge in [-0.25, -0.2) is 9.97 Å². The summed E-state index contributed by atoms with van der Waals surface area (Å²) in [6.45, 7) is 0. The van der Waals surface area contributed by atoms with Gasteiger partial charge < -0.3 is 5.73 Å². The molecule has 4 heterocycles. The first kappa shape index (κ1) is 21.3. The molecule has 0 bridgehead atoms. The number of benzene rings is 4. The number of pyridine rings is 2. The van der Waals surface area contributed by atoms with E-state index in [1.165, 1.54) is 32.3 Å². The van der Waals surface area contributed by atoms with Crippen LogP contribution < -0.4 is 5.73 Å². The molecule has 0 amide bonds. The maximum absolute atomic E-state index is 6.05. The summed E-state index contributed by atoms with van der Waals surface area (Å²) in [6.07, 6.45) is 1.82. The Morgan fingerprint density at radius 1 is 0.649 bits per heavy atom. The van der Waals surface area contributed by atoms with E-state index in [4.69, 9.17) is 15.7 Å². The molecule has 3 aromatic heterocycles. The van der Waals surface area contributed by atoms with Gasteiger partial charge in [0, 0.05) is 22.7 Å². The fraction of sp³-hybridized carbons (Fsp3) is 0.0645. The molecule has 2 atom stereocenters. The molecule has 0 aliphatic carbocycles. The van der Waals surface area contributed by atoms with Crippen molar-refractivity contribution in [2.24, 2.45) is 5.73 Å². The van der Waals surface area contributed by atoms with Crippen molar-refractivity contribution in [2.45, 2.75) is 10.6 Å². The van der Waals surface area contributed by atoms with E-state index in [1.54, 1.807) is 23.1 Å². The normalized spacial score (nSPS) is 17.2. The Morgan fingerprint density at radius 2 is 1.19 bits per heavy atom. The number of thiazole rings is 1. The van der Waals surface area contributed by atoms with Crippen LogP contribution in [0.25, 0.3) is 65.5 Å². The molecule has 4 aromatic carbocycles. The Kier molecular flexibility index (Phi) is 4.64. The number of rotatable bonds is 4. The zero-order chi connectivity index (χ0) is 24.5. The molecular formula is C31H20N4S2. The Labute approximate surface area is 221 Å². The van der Waals surface area contributed by atoms with Crippen LogP contribution in [0.5, 0.6) is 0 Å². The molecule has 2 unspecified atom stereocenters. The van der Waals surface area contributed by atoms with Crippen molar-refractivity contribution in [1.82, 2.24) is 15.0 Å². The third kappa shape index (κ3) is 3.52. The Morgan fingerprint density at radius 3 is 1.73 bits per heavy atom. The summed E-state index contributed by atoms with van der Waals surface area (Å²) in [4.78, 5) is 14.3. The minimum atomic E-state index is 0.170. The largest absolute Gasteiger partial charge is 0.318 e. The summed E-state index contributed by atoms with van der Waals surface area (Å²) in [5.74, 6) is 0. The van der Waals surface area contributed by atoms with Crippen LogP contribution in [0.2, 0.25) is 0 Å². The number of nitrogens with zero attached hydrogens (tertiary/aromatic N) is 3. The molecule has 1 saturated heterocycles. The predicted octanol–water partition coefficient (Wildman–Crippen LogP) is 7.90. The molecule has 4 nitrogen and oxygen atoms in total. The van der Waals surface area contributed by atoms with Gasteiger partial charge in [-0.3, -0.25) is 4.98 Å². The molecule has 8 rings (SSSR count). The monoisotopic (exact) mass is 512 g/mol. The summed E-state index contributed by atoms with van der Waals surface area (Å²) >= 11 is 3.37. The highest BCUT2D eigenvalue weighted by molar-refractivity contribution is 8.07. The minimum absolute atomic E-state index is 0.170. The van der Waals surface area contributed by atoms with Gasteiger partial charge in [0.25, 0.3) is 0 Å². The Bertz CT molecular complexity index is 1880. The first-order chi connectivity index (χ1) is 18.2. The smallest absolute Gasteiger partial charge is 0.141 e. The van der Waals surface area contributed by atoms with E-state index in [0.29, 0.717) is 5.25 Å². The Balaban J connectivity index is 1.26. The van der Waals surface area contributed by atoms with Gasteiger partial charge in [0.15, 0.2) is 0 Å². The second-order valence-electron chi connectivity index (χ2n) is 9.44. The molecule has 1 aliphatic heterocycles. The number of hydrogen-bond acceptors (Lipinski definition) is 6. The topological polar surface area (TPSA) is 64.7 Å². The molecule has 6 heteroatoms. The van der Waals surface area contributed by atoms with Gasteiger partial charge in [-0.05, 0) is 80.8 Å². The molecule has 37 heavy (non-hydrogen) atoms. The van der Waals surface area contributed by atoms with Gasteiger partial charge in [0.2, 0.25) is 0 Å². The second kappa shape index (κ2) is 8.08. The molecule has 2 N–H and O–H groups in total. The third-order valence-electron chi connectivity index (χ3n) is 7.11. The Hall–Kier alpha value is -3.84. The average molecular weight is 513 g/mol. The second-order valence-corrected chi connectivity index (χ2v) is 11.7. The third-order valence-corrected chi connectivity index (χ3v) is 9.01. The van der Waals surface area contributed by atoms with E-state index in [0.717, 1.165) is 38.9 Å². The summed E-state index contributed by atoms with van der Waals surface area (Å²) in [6, 6.07) is 30.4. The lowest BCUT2D eigenvalue weighted by Gasteiger charge is -2.14. The molecule has 0 radical (unpaired) electrons. The van der Waals surface area contributed by atoms with E-state index in [9.17, 15) is 0 Å². The van der Waals surface area contributed by atoms with Gasteiger partial charge in [-0.2, -0.15) is 0 Å². The predicted molar refractivity (Wildman–Crippen MR) is 156 cm³/mol. The van der Waals surface area contributed by atoms with Crippen LogP contribution in [0.4, 0.5) is 0 Å². The van der Waals surface area contributed by atoms with Crippen molar-refractivity contribution in [1.29, 1.82) is 0 Å². The molecule has 0 saturated carbocycles. The number of nitrogens with two attached hydrogens (primary N) is 1. The minimum Gasteiger partial charge on any atom is -0.318 e. The van der Waals surface area contributed by atoms with Gasteiger partial charge in [-0.15, -0.1) is 23.1 Å². The van der Waals surface area contributed by atoms with E-state index in [-0.39, 0.29) is 5.37 Å². The average Bonchev–Trinajstić information content (AvgIpc) is 3.42. The first-order valence-corrected chi connectivity index (χ1v) is 14.0. The van der Waals surface area contributed by atoms with Gasteiger partial charge in [-0.1, -0.05) is 36.4 Å². The van der Waals surface area contributed by atoms with E-state index in [2.05, 4.69) is 83.8 Å². The highest BCUT2D eigenvalue weighted by Crippen LogP contribution is 2.51. The van der Waals surface area contributed by atoms with Crippen LogP contribution in [0.3, 0.4) is 0 Å². The number of thioether (sulfide) groups is 1. The molecule has 1 aliphatic rings. The van der Waals surface area contributed by atoms with E-state index >= 15 is 0 Å². The van der Waals surface area contributed by atoms with Crippen molar-refractivity contribution in [3.05, 3.63) is 102 Å². The SMILES string of the molecule is NC1SC1c1cccc(-c2cc3ccc4cc(-c5cccc(-c6nccs6)n5)cc5ccc(c2)c3c45)n1. The lowest BCUT2D eigenvalue weighted by molar-refractivity contribution is 0.948. The van der Waals surface area contributed by atoms with Gasteiger partial charge in [0.1, 0.15) is 5.01 Å². The van der Waals surface area contributed by atoms with Crippen molar-refractivity contribution < 1.29 is 0 Å². The zero-order valence-corrected chi connectivity index (χ0v) is 21.3. The van der Waals surface area contributed by atoms with Crippen LogP contribution in [-0.4, -0.2) is 20.3 Å². The molecular weight excluding hydrogens is 493 g/mol. The fourth-order valence-corrected chi connectivity index (χ4v) is 6.60. The standard InChI is InChI=1S/C31H20N4S2/c32-30-29(37-30)25-5-1-3-23(34-25)21-13-17-7-9-19-15-22(16-20-10-8-18(14-21)27(17)28(19)20)24-4-2-6-26(35-24)31-33-11-12-36-31/h1-16,29-30H,32H2. The maximum atomic E-state index is 6.05. The summed E-state index contributed by atoms with van der Waals surface area (Å²) in [5, 5.41) is 10.9. The zero-order valence-electron chi connectivity index (χ0n) is 19.6. The lowest BCUT2D eigenvalue weighted by atomic mass is 9.90. The van der Waals surface area contributed by atoms with Crippen molar-refractivity contribution >= 4 is 55.4 Å². The van der Waals surface area contributed by atoms with Crippen LogP contribution >= 0.6 is 23.1 Å². The highest BCUT2D eigenvalue weighted by Gasteiger charge is 2.37. The summed E-state index contributed by atoms with van der Waals surface area (Å²) < 4.78 is 0. The van der Waals surface area contributed by atoms with Gasteiger partial charge in [0.05, 0.1) is 33.4 Å². The molecule has 0 spiro atoms. The highest BCUT2D eigenvalue weighted by atomic mass is 32.2. The maximum Gasteiger partial charge on any atom is 0.141 e. The van der Waals surface area contributed by atoms with Crippen LogP contribution in [0, 0.1) is 0 Å². The van der Waals surface area contributed by atoms with Crippen molar-refractivity contribution in [3.63, 3.8) is 0 Å². The van der Waals surface area contributed by atoms with Crippen LogP contribution in [0.15, 0.2) is 96.5 Å². The van der Waals surface area contributed by atoms with Crippen molar-refractivity contribution in [2.75, 3.05) is 0 Å². The quantitative estimate of drug-likeness (QED) is 0.192. The van der Waals surface area contributed by atoms with Crippen LogP contribution in [-0.2, 0) is 0 Å². The lowest BCUT2D eigenvalue weighted by Crippen LogP contribution is -2.02. The first-order valence-electron chi connectivity index (χ1n) is 12.2. The molecule has 7 aromatic rings. The number of hydrogen-bond donors (Lipinski definition) is 1. The summed E-state index contributed by atoms with van der Waals surface area (Å²) in [5.41, 5.74) is 12.2. The fourth-order valence-electron chi connectivity index (χ4n) is 5.33. The van der Waals surface area contributed by atoms with E-state index in [1.807, 2.05) is 17.6 Å². The van der Waals surface area contributed by atoms with E-state index < -0.39 is 0 Å². The molecule has 176 valence electrons. The van der Waals surface area contributed by atoms with Crippen LogP contribution in [0.1, 0.15) is 10.9 Å². The van der Waals surface area contributed by atoms with Crippen molar-refractivity contribution in [3.8, 4) is 33.2 Å².